The highest BCUT2D eigenvalue weighted by Crippen LogP contribution is 2.22. The molecule has 0 saturated carbocycles. The minimum absolute atomic E-state index is 0.102. The van der Waals surface area contributed by atoms with Crippen molar-refractivity contribution < 1.29 is 12.6 Å². The van der Waals surface area contributed by atoms with Crippen LogP contribution in [0.4, 0.5) is 0 Å². The van der Waals surface area contributed by atoms with Gasteiger partial charge >= 0.3 is 0 Å². The van der Waals surface area contributed by atoms with Gasteiger partial charge in [-0.25, -0.2) is 8.42 Å². The van der Waals surface area contributed by atoms with E-state index in [1.54, 1.807) is 30.5 Å². The predicted octanol–water partition coefficient (Wildman–Crippen LogP) is 0.492. The Kier molecular flexibility index (Phi) is 3.54. The Balaban J connectivity index is 2.34. The van der Waals surface area contributed by atoms with Gasteiger partial charge in [0.2, 0.25) is 0 Å². The molecule has 0 radical (unpaired) electrons. The summed E-state index contributed by atoms with van der Waals surface area (Å²) < 4.78 is 37.2. The summed E-state index contributed by atoms with van der Waals surface area (Å²) in [4.78, 5) is 4.46. The summed E-state index contributed by atoms with van der Waals surface area (Å²) in [6, 6.07) is 6.68. The normalized spacial score (nSPS) is 22.2. The second-order valence-electron chi connectivity index (χ2n) is 4.10. The van der Waals surface area contributed by atoms with Crippen molar-refractivity contribution in [3.8, 4) is 0 Å². The third kappa shape index (κ3) is 2.46. The van der Waals surface area contributed by atoms with Gasteiger partial charge in [0.1, 0.15) is 5.84 Å². The molecule has 0 amide bonds. The summed E-state index contributed by atoms with van der Waals surface area (Å²) in [7, 11) is -4.45. The first kappa shape index (κ1) is 13.2. The molecule has 1 aliphatic heterocycles. The van der Waals surface area contributed by atoms with Crippen molar-refractivity contribution in [3.05, 3.63) is 29.8 Å². The SMILES string of the molecule is CC(CN=C1NS(=O)(=O)c2ccccc21)S(C)=O. The molecule has 1 aliphatic rings. The summed E-state index contributed by atoms with van der Waals surface area (Å²) in [5.74, 6) is 0.336. The second kappa shape index (κ2) is 4.81. The van der Waals surface area contributed by atoms with Crippen LogP contribution in [0.3, 0.4) is 0 Å². The lowest BCUT2D eigenvalue weighted by Crippen LogP contribution is -2.24. The maximum atomic E-state index is 11.8. The number of sulfonamides is 1. The van der Waals surface area contributed by atoms with E-state index in [2.05, 4.69) is 9.71 Å². The maximum Gasteiger partial charge on any atom is 0.263 e. The van der Waals surface area contributed by atoms with E-state index in [4.69, 9.17) is 0 Å². The van der Waals surface area contributed by atoms with Gasteiger partial charge in [-0.15, -0.1) is 0 Å². The minimum atomic E-state index is -3.48. The van der Waals surface area contributed by atoms with Crippen molar-refractivity contribution in [1.82, 2.24) is 4.72 Å². The van der Waals surface area contributed by atoms with Gasteiger partial charge in [-0.3, -0.25) is 13.9 Å². The van der Waals surface area contributed by atoms with Crippen LogP contribution in [-0.4, -0.2) is 36.5 Å². The van der Waals surface area contributed by atoms with Crippen LogP contribution in [0.25, 0.3) is 0 Å². The van der Waals surface area contributed by atoms with Crippen molar-refractivity contribution in [2.75, 3.05) is 12.8 Å². The quantitative estimate of drug-likeness (QED) is 0.878. The zero-order chi connectivity index (χ0) is 13.3. The number of rotatable bonds is 3. The van der Waals surface area contributed by atoms with Gasteiger partial charge in [0.25, 0.3) is 10.0 Å². The number of hydrogen-bond acceptors (Lipinski definition) is 4. The lowest BCUT2D eigenvalue weighted by molar-refractivity contribution is 0.595. The van der Waals surface area contributed by atoms with E-state index in [0.717, 1.165) is 0 Å². The average molecular weight is 286 g/mol. The molecule has 2 rings (SSSR count). The van der Waals surface area contributed by atoms with Crippen molar-refractivity contribution >= 4 is 26.7 Å². The largest absolute Gasteiger partial charge is 0.266 e. The molecular weight excluding hydrogens is 272 g/mol. The fraction of sp³-hybridized carbons (Fsp3) is 0.364. The number of fused-ring (bicyclic) bond motifs is 1. The van der Waals surface area contributed by atoms with E-state index in [-0.39, 0.29) is 10.1 Å². The molecule has 2 unspecified atom stereocenters. The highest BCUT2D eigenvalue weighted by atomic mass is 32.2. The van der Waals surface area contributed by atoms with E-state index in [9.17, 15) is 12.6 Å². The molecule has 18 heavy (non-hydrogen) atoms. The Bertz CT molecular complexity index is 623. The molecule has 0 aromatic heterocycles. The van der Waals surface area contributed by atoms with Crippen molar-refractivity contribution in [1.29, 1.82) is 0 Å². The van der Waals surface area contributed by atoms with Crippen LogP contribution in [0.2, 0.25) is 0 Å². The van der Waals surface area contributed by atoms with E-state index in [0.29, 0.717) is 17.9 Å². The smallest absolute Gasteiger partial charge is 0.263 e. The third-order valence-electron chi connectivity index (χ3n) is 2.74. The summed E-state index contributed by atoms with van der Waals surface area (Å²) in [5.41, 5.74) is 0.576. The number of aliphatic imine (C=N–C) groups is 1. The van der Waals surface area contributed by atoms with Crippen LogP contribution in [-0.2, 0) is 20.8 Å². The van der Waals surface area contributed by atoms with Crippen LogP contribution < -0.4 is 4.72 Å². The standard InChI is InChI=1S/C11H14N2O3S2/c1-8(17(2)14)7-12-11-9-5-3-4-6-10(9)18(15,16)13-11/h3-6,8H,7H2,1-2H3,(H,12,13). The lowest BCUT2D eigenvalue weighted by atomic mass is 10.2. The van der Waals surface area contributed by atoms with Gasteiger partial charge in [0, 0.05) is 22.6 Å². The van der Waals surface area contributed by atoms with Crippen LogP contribution in [0.1, 0.15) is 12.5 Å². The van der Waals surface area contributed by atoms with Crippen LogP contribution in [0.15, 0.2) is 34.2 Å². The summed E-state index contributed by atoms with van der Waals surface area (Å²) in [6.07, 6.45) is 1.61. The van der Waals surface area contributed by atoms with E-state index in [1.807, 2.05) is 6.92 Å². The fourth-order valence-electron chi connectivity index (χ4n) is 1.58. The molecule has 1 aromatic carbocycles. The minimum Gasteiger partial charge on any atom is -0.266 e. The molecule has 0 aliphatic carbocycles. The molecule has 2 atom stereocenters. The van der Waals surface area contributed by atoms with Gasteiger partial charge in [-0.05, 0) is 19.1 Å². The van der Waals surface area contributed by atoms with Crippen molar-refractivity contribution in [3.63, 3.8) is 0 Å². The summed E-state index contributed by atoms with van der Waals surface area (Å²) in [6.45, 7) is 2.14. The molecule has 1 heterocycles. The van der Waals surface area contributed by atoms with Gasteiger partial charge in [0.05, 0.1) is 16.7 Å². The lowest BCUT2D eigenvalue weighted by Gasteiger charge is -2.04. The predicted molar refractivity (Wildman–Crippen MR) is 71.7 cm³/mol. The van der Waals surface area contributed by atoms with E-state index in [1.165, 1.54) is 0 Å². The first-order valence-corrected chi connectivity index (χ1v) is 8.51. The number of nitrogens with one attached hydrogen (secondary N) is 1. The summed E-state index contributed by atoms with van der Waals surface area (Å²) >= 11 is 0. The monoisotopic (exact) mass is 286 g/mol. The third-order valence-corrected chi connectivity index (χ3v) is 5.42. The number of hydrogen-bond donors (Lipinski definition) is 1. The maximum absolute atomic E-state index is 11.8. The fourth-order valence-corrected chi connectivity index (χ4v) is 3.11. The molecular formula is C11H14N2O3S2. The topological polar surface area (TPSA) is 75.6 Å². The number of benzene rings is 1. The van der Waals surface area contributed by atoms with Crippen LogP contribution >= 0.6 is 0 Å². The molecule has 5 nitrogen and oxygen atoms in total. The molecule has 7 heteroatoms. The number of nitrogens with zero attached hydrogens (tertiary/aromatic N) is 1. The zero-order valence-corrected chi connectivity index (χ0v) is 11.7. The molecule has 1 aromatic rings. The Morgan fingerprint density at radius 3 is 2.72 bits per heavy atom. The van der Waals surface area contributed by atoms with Gasteiger partial charge in [-0.2, -0.15) is 0 Å². The van der Waals surface area contributed by atoms with Crippen molar-refractivity contribution in [2.45, 2.75) is 17.1 Å². The first-order chi connectivity index (χ1) is 8.42. The zero-order valence-electron chi connectivity index (χ0n) is 10.1. The number of amidine groups is 1. The molecule has 0 bridgehead atoms. The first-order valence-electron chi connectivity index (χ1n) is 5.40. The molecule has 0 spiro atoms. The van der Waals surface area contributed by atoms with E-state index >= 15 is 0 Å². The Labute approximate surface area is 109 Å². The highest BCUT2D eigenvalue weighted by Gasteiger charge is 2.30. The van der Waals surface area contributed by atoms with Gasteiger partial charge in [-0.1, -0.05) is 12.1 Å². The molecule has 0 saturated heterocycles. The molecule has 1 N–H and O–H groups in total. The van der Waals surface area contributed by atoms with Gasteiger partial charge < -0.3 is 0 Å². The molecule has 0 fully saturated rings. The van der Waals surface area contributed by atoms with Gasteiger partial charge in [0.15, 0.2) is 0 Å². The Hall–Kier alpha value is -1.21. The van der Waals surface area contributed by atoms with Crippen LogP contribution in [0.5, 0.6) is 0 Å². The Morgan fingerprint density at radius 2 is 2.06 bits per heavy atom. The molecule has 98 valence electrons. The highest BCUT2D eigenvalue weighted by molar-refractivity contribution is 7.90. The Morgan fingerprint density at radius 1 is 1.39 bits per heavy atom. The summed E-state index contributed by atoms with van der Waals surface area (Å²) in [5, 5.41) is -0.102. The average Bonchev–Trinajstić information content (AvgIpc) is 2.59. The van der Waals surface area contributed by atoms with E-state index < -0.39 is 20.8 Å². The van der Waals surface area contributed by atoms with Crippen molar-refractivity contribution in [2.24, 2.45) is 4.99 Å². The second-order valence-corrected chi connectivity index (χ2v) is 7.55. The van der Waals surface area contributed by atoms with Crippen LogP contribution in [0, 0.1) is 0 Å².